The van der Waals surface area contributed by atoms with Crippen molar-refractivity contribution in [3.8, 4) is 0 Å². The first-order valence-corrected chi connectivity index (χ1v) is 5.09. The van der Waals surface area contributed by atoms with Crippen molar-refractivity contribution in [1.82, 2.24) is 4.90 Å². The molecule has 1 heterocycles. The lowest BCUT2D eigenvalue weighted by molar-refractivity contribution is 0.0225. The molecule has 4 heteroatoms. The minimum Gasteiger partial charge on any atom is -0.453 e. The van der Waals surface area contributed by atoms with E-state index in [1.54, 1.807) is 4.90 Å². The molecule has 1 atom stereocenters. The summed E-state index contributed by atoms with van der Waals surface area (Å²) in [5, 5.41) is 0. The van der Waals surface area contributed by atoms with E-state index in [2.05, 4.69) is 13.8 Å². The van der Waals surface area contributed by atoms with Crippen LogP contribution in [0, 0.1) is 5.92 Å². The highest BCUT2D eigenvalue weighted by molar-refractivity contribution is 5.67. The third-order valence-corrected chi connectivity index (χ3v) is 2.48. The largest absolute Gasteiger partial charge is 0.453 e. The van der Waals surface area contributed by atoms with Crippen LogP contribution in [0.3, 0.4) is 0 Å². The normalized spacial score (nSPS) is 23.4. The maximum absolute atomic E-state index is 11.3. The zero-order valence-electron chi connectivity index (χ0n) is 9.16. The van der Waals surface area contributed by atoms with Crippen molar-refractivity contribution in [2.24, 2.45) is 5.92 Å². The first-order valence-electron chi connectivity index (χ1n) is 5.09. The van der Waals surface area contributed by atoms with E-state index in [1.807, 2.05) is 0 Å². The summed E-state index contributed by atoms with van der Waals surface area (Å²) in [6.45, 7) is 6.31. The number of carbonyl (C=O) groups excluding carboxylic acids is 1. The van der Waals surface area contributed by atoms with Crippen molar-refractivity contribution in [2.45, 2.75) is 26.4 Å². The van der Waals surface area contributed by atoms with E-state index in [0.29, 0.717) is 12.5 Å². The van der Waals surface area contributed by atoms with E-state index in [9.17, 15) is 4.79 Å². The van der Waals surface area contributed by atoms with Gasteiger partial charge in [0, 0.05) is 13.2 Å². The van der Waals surface area contributed by atoms with Gasteiger partial charge in [0.1, 0.15) is 0 Å². The van der Waals surface area contributed by atoms with Gasteiger partial charge in [0.2, 0.25) is 0 Å². The molecule has 1 aliphatic rings. The van der Waals surface area contributed by atoms with Crippen LogP contribution in [0.2, 0.25) is 0 Å². The Morgan fingerprint density at radius 1 is 1.57 bits per heavy atom. The van der Waals surface area contributed by atoms with E-state index >= 15 is 0 Å². The quantitative estimate of drug-likeness (QED) is 0.645. The third kappa shape index (κ3) is 2.87. The molecule has 1 aliphatic heterocycles. The smallest absolute Gasteiger partial charge is 0.409 e. The summed E-state index contributed by atoms with van der Waals surface area (Å²) in [6.07, 6.45) is 0.774. The molecule has 1 amide bonds. The molecule has 14 heavy (non-hydrogen) atoms. The van der Waals surface area contributed by atoms with Crippen LogP contribution in [0.25, 0.3) is 0 Å². The topological polar surface area (TPSA) is 38.8 Å². The highest BCUT2D eigenvalue weighted by Crippen LogP contribution is 2.13. The fourth-order valence-corrected chi connectivity index (χ4v) is 1.55. The second kappa shape index (κ2) is 5.20. The van der Waals surface area contributed by atoms with Gasteiger partial charge in [-0.1, -0.05) is 13.8 Å². The molecule has 0 aromatic rings. The summed E-state index contributed by atoms with van der Waals surface area (Å²) >= 11 is 0. The Balaban J connectivity index is 2.55. The van der Waals surface area contributed by atoms with Gasteiger partial charge >= 0.3 is 6.09 Å². The number of nitrogens with zero attached hydrogens (tertiary/aromatic N) is 1. The lowest BCUT2D eigenvalue weighted by Crippen LogP contribution is -2.38. The molecule has 0 aromatic heterocycles. The minimum absolute atomic E-state index is 0.136. The minimum atomic E-state index is -0.249. The second-order valence-electron chi connectivity index (χ2n) is 3.92. The van der Waals surface area contributed by atoms with Crippen molar-refractivity contribution < 1.29 is 14.3 Å². The molecule has 4 nitrogen and oxygen atoms in total. The number of ether oxygens (including phenoxy) is 2. The molecular weight excluding hydrogens is 182 g/mol. The predicted octanol–water partition coefficient (Wildman–Crippen LogP) is 1.50. The van der Waals surface area contributed by atoms with Gasteiger partial charge in [-0.2, -0.15) is 0 Å². The van der Waals surface area contributed by atoms with E-state index in [0.717, 1.165) is 19.6 Å². The van der Waals surface area contributed by atoms with E-state index in [-0.39, 0.29) is 12.2 Å². The summed E-state index contributed by atoms with van der Waals surface area (Å²) in [6, 6.07) is 0. The van der Waals surface area contributed by atoms with Gasteiger partial charge in [0.15, 0.2) is 0 Å². The van der Waals surface area contributed by atoms with Gasteiger partial charge in [0.25, 0.3) is 0 Å². The van der Waals surface area contributed by atoms with Crippen molar-refractivity contribution in [1.29, 1.82) is 0 Å². The molecule has 0 saturated carbocycles. The Kier molecular flexibility index (Phi) is 4.20. The SMILES string of the molecule is COC(=O)N1CCCOC(C(C)C)C1. The molecule has 1 saturated heterocycles. The lowest BCUT2D eigenvalue weighted by Gasteiger charge is -2.24. The molecule has 0 spiro atoms. The highest BCUT2D eigenvalue weighted by Gasteiger charge is 2.24. The number of rotatable bonds is 1. The number of methoxy groups -OCH3 is 1. The molecule has 82 valence electrons. The third-order valence-electron chi connectivity index (χ3n) is 2.48. The Morgan fingerprint density at radius 3 is 2.86 bits per heavy atom. The summed E-state index contributed by atoms with van der Waals surface area (Å²) in [4.78, 5) is 13.1. The first kappa shape index (κ1) is 11.3. The van der Waals surface area contributed by atoms with Crippen molar-refractivity contribution in [3.05, 3.63) is 0 Å². The molecule has 0 radical (unpaired) electrons. The molecule has 0 aliphatic carbocycles. The fourth-order valence-electron chi connectivity index (χ4n) is 1.55. The second-order valence-corrected chi connectivity index (χ2v) is 3.92. The van der Waals surface area contributed by atoms with Crippen LogP contribution in [-0.2, 0) is 9.47 Å². The lowest BCUT2D eigenvalue weighted by atomic mass is 10.1. The highest BCUT2D eigenvalue weighted by atomic mass is 16.5. The van der Waals surface area contributed by atoms with Gasteiger partial charge < -0.3 is 14.4 Å². The van der Waals surface area contributed by atoms with Gasteiger partial charge in [-0.15, -0.1) is 0 Å². The maximum atomic E-state index is 11.3. The summed E-state index contributed by atoms with van der Waals surface area (Å²) in [5.74, 6) is 0.431. The molecule has 0 aromatic carbocycles. The summed E-state index contributed by atoms with van der Waals surface area (Å²) in [5.41, 5.74) is 0. The van der Waals surface area contributed by atoms with Crippen molar-refractivity contribution in [2.75, 3.05) is 26.8 Å². The van der Waals surface area contributed by atoms with Crippen LogP contribution in [0.15, 0.2) is 0 Å². The number of hydrogen-bond acceptors (Lipinski definition) is 3. The van der Waals surface area contributed by atoms with Crippen LogP contribution in [0.4, 0.5) is 4.79 Å². The van der Waals surface area contributed by atoms with Crippen LogP contribution in [0.5, 0.6) is 0 Å². The fraction of sp³-hybridized carbons (Fsp3) is 0.900. The van der Waals surface area contributed by atoms with E-state index in [1.165, 1.54) is 7.11 Å². The van der Waals surface area contributed by atoms with Crippen molar-refractivity contribution >= 4 is 6.09 Å². The maximum Gasteiger partial charge on any atom is 0.409 e. The number of carbonyl (C=O) groups is 1. The monoisotopic (exact) mass is 201 g/mol. The Labute approximate surface area is 85.2 Å². The van der Waals surface area contributed by atoms with Gasteiger partial charge in [-0.3, -0.25) is 0 Å². The molecule has 1 unspecified atom stereocenters. The van der Waals surface area contributed by atoms with Crippen LogP contribution < -0.4 is 0 Å². The number of hydrogen-bond donors (Lipinski definition) is 0. The molecule has 0 bridgehead atoms. The predicted molar refractivity (Wildman–Crippen MR) is 53.2 cm³/mol. The molecular formula is C10H19NO3. The van der Waals surface area contributed by atoms with Gasteiger partial charge in [0.05, 0.1) is 19.8 Å². The summed E-state index contributed by atoms with van der Waals surface area (Å²) < 4.78 is 10.3. The van der Waals surface area contributed by atoms with Crippen molar-refractivity contribution in [3.63, 3.8) is 0 Å². The molecule has 1 rings (SSSR count). The standard InChI is InChI=1S/C10H19NO3/c1-8(2)9-7-11(10(12)13-3)5-4-6-14-9/h8-9H,4-7H2,1-3H3. The zero-order valence-corrected chi connectivity index (χ0v) is 9.16. The van der Waals surface area contributed by atoms with Gasteiger partial charge in [-0.25, -0.2) is 4.79 Å². The first-order chi connectivity index (χ1) is 6.65. The Bertz CT molecular complexity index is 194. The van der Waals surface area contributed by atoms with E-state index < -0.39 is 0 Å². The molecule has 0 N–H and O–H groups in total. The van der Waals surface area contributed by atoms with Crippen LogP contribution in [0.1, 0.15) is 20.3 Å². The zero-order chi connectivity index (χ0) is 10.6. The van der Waals surface area contributed by atoms with Gasteiger partial charge in [-0.05, 0) is 12.3 Å². The Morgan fingerprint density at radius 2 is 2.29 bits per heavy atom. The number of amides is 1. The average Bonchev–Trinajstić information content (AvgIpc) is 2.41. The molecule has 1 fully saturated rings. The Hall–Kier alpha value is -0.770. The summed E-state index contributed by atoms with van der Waals surface area (Å²) in [7, 11) is 1.42. The average molecular weight is 201 g/mol. The van der Waals surface area contributed by atoms with E-state index in [4.69, 9.17) is 9.47 Å². The van der Waals surface area contributed by atoms with Crippen LogP contribution in [-0.4, -0.2) is 43.9 Å². The van der Waals surface area contributed by atoms with Crippen LogP contribution >= 0.6 is 0 Å².